The van der Waals surface area contributed by atoms with Gasteiger partial charge in [-0.15, -0.1) is 0 Å². The highest BCUT2D eigenvalue weighted by molar-refractivity contribution is 7.98. The van der Waals surface area contributed by atoms with E-state index in [4.69, 9.17) is 10.8 Å². The van der Waals surface area contributed by atoms with Gasteiger partial charge in [-0.05, 0) is 55.9 Å². The number of phenolic OH excluding ortho intramolecular Hbond substituents is 1. The first-order valence-corrected chi connectivity index (χ1v) is 12.8. The van der Waals surface area contributed by atoms with Gasteiger partial charge in [0.2, 0.25) is 17.7 Å². The van der Waals surface area contributed by atoms with E-state index >= 15 is 0 Å². The Morgan fingerprint density at radius 2 is 1.46 bits per heavy atom. The van der Waals surface area contributed by atoms with E-state index in [-0.39, 0.29) is 25.0 Å². The third-order valence-electron chi connectivity index (χ3n) is 5.30. The third-order valence-corrected chi connectivity index (χ3v) is 5.94. The minimum atomic E-state index is -1.68. The van der Waals surface area contributed by atoms with Crippen LogP contribution in [0.2, 0.25) is 0 Å². The van der Waals surface area contributed by atoms with Gasteiger partial charge in [0.05, 0.1) is 12.1 Å². The van der Waals surface area contributed by atoms with Crippen molar-refractivity contribution in [3.05, 3.63) is 29.8 Å². The van der Waals surface area contributed by atoms with Crippen molar-refractivity contribution in [3.63, 3.8) is 0 Å². The summed E-state index contributed by atoms with van der Waals surface area (Å²) in [6.45, 7) is 1.15. The van der Waals surface area contributed by atoms with Gasteiger partial charge >= 0.3 is 11.9 Å². The number of nitrogens with one attached hydrogen (secondary N) is 3. The van der Waals surface area contributed by atoms with Crippen molar-refractivity contribution in [2.75, 3.05) is 12.0 Å². The summed E-state index contributed by atoms with van der Waals surface area (Å²) >= 11 is 1.40. The van der Waals surface area contributed by atoms with E-state index in [2.05, 4.69) is 16.0 Å². The first kappa shape index (κ1) is 31.7. The largest absolute Gasteiger partial charge is 0.508 e. The van der Waals surface area contributed by atoms with Crippen molar-refractivity contribution in [3.8, 4) is 5.75 Å². The molecule has 0 aliphatic carbocycles. The number of thioether (sulfide) groups is 1. The van der Waals surface area contributed by atoms with Crippen LogP contribution in [0, 0.1) is 0 Å². The fraction of sp³-hybridized carbons (Fsp3) is 0.522. The van der Waals surface area contributed by atoms with Crippen molar-refractivity contribution in [2.45, 2.75) is 62.9 Å². The van der Waals surface area contributed by atoms with E-state index < -0.39 is 66.4 Å². The topological polar surface area (TPSA) is 228 Å². The number of benzene rings is 1. The summed E-state index contributed by atoms with van der Waals surface area (Å²) in [6.07, 6.45) is -0.238. The van der Waals surface area contributed by atoms with Crippen molar-refractivity contribution in [2.24, 2.45) is 5.73 Å². The molecule has 1 aromatic rings. The standard InChI is InChI=1S/C23H34N4O9S/c1-12(28)19(23(35)36)27-22(34)16(7-8-18(30)31)26-21(33)17(9-10-37-2)25-20(32)15(24)11-13-3-5-14(29)6-4-13/h3-6,12,15-17,19,28-29H,7-11,24H2,1-2H3,(H,25,32)(H,26,33)(H,27,34)(H,30,31)(H,35,36). The Kier molecular flexibility index (Phi) is 13.4. The Labute approximate surface area is 218 Å². The van der Waals surface area contributed by atoms with Gasteiger partial charge in [0.15, 0.2) is 6.04 Å². The van der Waals surface area contributed by atoms with E-state index in [9.17, 15) is 39.3 Å². The highest BCUT2D eigenvalue weighted by Gasteiger charge is 2.32. The third kappa shape index (κ3) is 11.5. The molecule has 0 saturated heterocycles. The van der Waals surface area contributed by atoms with Gasteiger partial charge in [-0.25, -0.2) is 4.79 Å². The quantitative estimate of drug-likeness (QED) is 0.124. The van der Waals surface area contributed by atoms with E-state index in [0.717, 1.165) is 6.92 Å². The number of hydrogen-bond acceptors (Lipinski definition) is 9. The van der Waals surface area contributed by atoms with Gasteiger partial charge in [-0.3, -0.25) is 19.2 Å². The van der Waals surface area contributed by atoms with E-state index in [0.29, 0.717) is 11.3 Å². The van der Waals surface area contributed by atoms with Gasteiger partial charge in [-0.1, -0.05) is 12.1 Å². The molecule has 5 unspecified atom stereocenters. The summed E-state index contributed by atoms with van der Waals surface area (Å²) in [5.41, 5.74) is 6.67. The van der Waals surface area contributed by atoms with Crippen LogP contribution in [0.5, 0.6) is 5.75 Å². The molecule has 0 radical (unpaired) electrons. The fourth-order valence-electron chi connectivity index (χ4n) is 3.21. The molecule has 0 saturated carbocycles. The van der Waals surface area contributed by atoms with Crippen molar-refractivity contribution < 1.29 is 44.4 Å². The molecular formula is C23H34N4O9S. The zero-order chi connectivity index (χ0) is 28.1. The van der Waals surface area contributed by atoms with Crippen LogP contribution < -0.4 is 21.7 Å². The number of aliphatic hydroxyl groups is 1. The van der Waals surface area contributed by atoms with Crippen LogP contribution in [0.15, 0.2) is 24.3 Å². The van der Waals surface area contributed by atoms with Crippen LogP contribution in [-0.4, -0.2) is 92.4 Å². The normalized spacial score (nSPS) is 14.9. The maximum absolute atomic E-state index is 13.0. The maximum Gasteiger partial charge on any atom is 0.328 e. The van der Waals surface area contributed by atoms with Gasteiger partial charge in [0, 0.05) is 6.42 Å². The molecule has 14 heteroatoms. The lowest BCUT2D eigenvalue weighted by molar-refractivity contribution is -0.145. The summed E-state index contributed by atoms with van der Waals surface area (Å²) in [6, 6.07) is 0.839. The lowest BCUT2D eigenvalue weighted by Crippen LogP contribution is -2.58. The molecule has 0 bridgehead atoms. The van der Waals surface area contributed by atoms with Crippen molar-refractivity contribution >= 4 is 41.4 Å². The minimum absolute atomic E-state index is 0.0557. The predicted octanol–water partition coefficient (Wildman–Crippen LogP) is -1.20. The van der Waals surface area contributed by atoms with Crippen molar-refractivity contribution in [1.29, 1.82) is 0 Å². The number of aromatic hydroxyl groups is 1. The molecule has 1 rings (SSSR count). The minimum Gasteiger partial charge on any atom is -0.508 e. The molecule has 206 valence electrons. The van der Waals surface area contributed by atoms with Gasteiger partial charge in [-0.2, -0.15) is 11.8 Å². The second-order valence-electron chi connectivity index (χ2n) is 8.38. The molecule has 0 spiro atoms. The molecule has 1 aromatic carbocycles. The van der Waals surface area contributed by atoms with E-state index in [1.165, 1.54) is 23.9 Å². The Morgan fingerprint density at radius 3 is 1.97 bits per heavy atom. The van der Waals surface area contributed by atoms with Crippen LogP contribution in [0.4, 0.5) is 0 Å². The number of carboxylic acid groups (broad SMARTS) is 2. The SMILES string of the molecule is CSCCC(NC(=O)C(N)Cc1ccc(O)cc1)C(=O)NC(CCC(=O)O)C(=O)NC(C(=O)O)C(C)O. The molecule has 0 aliphatic heterocycles. The first-order chi connectivity index (χ1) is 17.3. The summed E-state index contributed by atoms with van der Waals surface area (Å²) < 4.78 is 0. The molecule has 0 aliphatic rings. The lowest BCUT2D eigenvalue weighted by atomic mass is 10.0. The monoisotopic (exact) mass is 542 g/mol. The zero-order valence-corrected chi connectivity index (χ0v) is 21.4. The van der Waals surface area contributed by atoms with E-state index in [1.54, 1.807) is 18.4 Å². The number of aliphatic carboxylic acids is 2. The molecule has 3 amide bonds. The number of amides is 3. The molecule has 0 aromatic heterocycles. The first-order valence-electron chi connectivity index (χ1n) is 11.4. The van der Waals surface area contributed by atoms with E-state index in [1.807, 2.05) is 0 Å². The number of rotatable bonds is 16. The van der Waals surface area contributed by atoms with Gasteiger partial charge < -0.3 is 42.1 Å². The number of carbonyl (C=O) groups excluding carboxylic acids is 3. The lowest BCUT2D eigenvalue weighted by Gasteiger charge is -2.25. The Bertz CT molecular complexity index is 943. The maximum atomic E-state index is 13.0. The van der Waals surface area contributed by atoms with Crippen LogP contribution in [-0.2, 0) is 30.4 Å². The van der Waals surface area contributed by atoms with Gasteiger partial charge in [0.25, 0.3) is 0 Å². The molecule has 37 heavy (non-hydrogen) atoms. The Hall–Kier alpha value is -3.36. The highest BCUT2D eigenvalue weighted by atomic mass is 32.2. The summed E-state index contributed by atoms with van der Waals surface area (Å²) in [4.78, 5) is 60.8. The number of hydrogen-bond donors (Lipinski definition) is 8. The summed E-state index contributed by atoms with van der Waals surface area (Å²) in [7, 11) is 0. The molecule has 13 nitrogen and oxygen atoms in total. The zero-order valence-electron chi connectivity index (χ0n) is 20.5. The molecular weight excluding hydrogens is 508 g/mol. The van der Waals surface area contributed by atoms with Gasteiger partial charge in [0.1, 0.15) is 17.8 Å². The second kappa shape index (κ2) is 15.7. The smallest absolute Gasteiger partial charge is 0.328 e. The Morgan fingerprint density at radius 1 is 0.919 bits per heavy atom. The molecule has 5 atom stereocenters. The number of phenols is 1. The number of carbonyl (C=O) groups is 5. The van der Waals surface area contributed by atoms with Crippen molar-refractivity contribution in [1.82, 2.24) is 16.0 Å². The molecule has 9 N–H and O–H groups in total. The van der Waals surface area contributed by atoms with Crippen LogP contribution in [0.1, 0.15) is 31.7 Å². The predicted molar refractivity (Wildman–Crippen MR) is 135 cm³/mol. The average molecular weight is 543 g/mol. The number of aliphatic hydroxyl groups excluding tert-OH is 1. The molecule has 0 heterocycles. The number of nitrogens with two attached hydrogens (primary N) is 1. The summed E-state index contributed by atoms with van der Waals surface area (Å²) in [5.74, 6) is -4.67. The summed E-state index contributed by atoms with van der Waals surface area (Å²) in [5, 5.41) is 44.2. The second-order valence-corrected chi connectivity index (χ2v) is 9.36. The number of carboxylic acids is 2. The highest BCUT2D eigenvalue weighted by Crippen LogP contribution is 2.11. The average Bonchev–Trinajstić information content (AvgIpc) is 2.82. The molecule has 0 fully saturated rings. The fourth-order valence-corrected chi connectivity index (χ4v) is 3.68. The van der Waals surface area contributed by atoms with Crippen LogP contribution >= 0.6 is 11.8 Å². The Balaban J connectivity index is 2.97. The van der Waals surface area contributed by atoms with Crippen LogP contribution in [0.3, 0.4) is 0 Å². The van der Waals surface area contributed by atoms with Crippen LogP contribution in [0.25, 0.3) is 0 Å².